The van der Waals surface area contributed by atoms with Crippen LogP contribution in [0.2, 0.25) is 5.02 Å². The Morgan fingerprint density at radius 3 is 2.46 bits per heavy atom. The first-order chi connectivity index (χ1) is 17.0. The third-order valence-electron chi connectivity index (χ3n) is 5.14. The van der Waals surface area contributed by atoms with Gasteiger partial charge in [-0.3, -0.25) is 9.79 Å². The van der Waals surface area contributed by atoms with E-state index in [0.717, 1.165) is 5.56 Å². The molecule has 35 heavy (non-hydrogen) atoms. The van der Waals surface area contributed by atoms with Gasteiger partial charge in [0.1, 0.15) is 12.4 Å². The molecule has 4 aromatic carbocycles. The molecule has 0 saturated carbocycles. The smallest absolute Gasteiger partial charge is 0.257 e. The van der Waals surface area contributed by atoms with Crippen molar-refractivity contribution in [3.63, 3.8) is 0 Å². The number of aliphatic imine (C=N–C) groups is 1. The Morgan fingerprint density at radius 1 is 0.971 bits per heavy atom. The third kappa shape index (κ3) is 6.25. The van der Waals surface area contributed by atoms with Crippen molar-refractivity contribution in [1.82, 2.24) is 0 Å². The Balaban J connectivity index is 1.39. The maximum atomic E-state index is 13.8. The van der Waals surface area contributed by atoms with Crippen molar-refractivity contribution < 1.29 is 18.7 Å². The van der Waals surface area contributed by atoms with Crippen LogP contribution < -0.4 is 14.8 Å². The van der Waals surface area contributed by atoms with Crippen LogP contribution in [0.15, 0.2) is 96.0 Å². The molecule has 1 amide bonds. The first-order valence-corrected chi connectivity index (χ1v) is 11.2. The zero-order chi connectivity index (χ0) is 24.6. The molecular weight excluding hydrogens is 467 g/mol. The van der Waals surface area contributed by atoms with E-state index in [1.165, 1.54) is 6.07 Å². The van der Waals surface area contributed by atoms with Crippen LogP contribution in [0.1, 0.15) is 21.5 Å². The summed E-state index contributed by atoms with van der Waals surface area (Å²) in [5.74, 6) is 0.426. The van der Waals surface area contributed by atoms with E-state index in [0.29, 0.717) is 39.0 Å². The quantitative estimate of drug-likeness (QED) is 0.270. The van der Waals surface area contributed by atoms with Crippen LogP contribution in [0, 0.1) is 5.82 Å². The average Bonchev–Trinajstić information content (AvgIpc) is 2.88. The maximum Gasteiger partial charge on any atom is 0.257 e. The molecule has 0 heterocycles. The summed E-state index contributed by atoms with van der Waals surface area (Å²) in [5.41, 5.74) is 3.01. The van der Waals surface area contributed by atoms with Gasteiger partial charge in [-0.15, -0.1) is 0 Å². The summed E-state index contributed by atoms with van der Waals surface area (Å²) in [6.45, 7) is 0.0931. The molecule has 0 fully saturated rings. The number of methoxy groups -OCH3 is 1. The molecule has 5 nitrogen and oxygen atoms in total. The summed E-state index contributed by atoms with van der Waals surface area (Å²) in [4.78, 5) is 16.9. The number of carbonyl (C=O) groups is 1. The lowest BCUT2D eigenvalue weighted by atomic mass is 10.2. The first kappa shape index (κ1) is 24.0. The van der Waals surface area contributed by atoms with Gasteiger partial charge in [-0.2, -0.15) is 0 Å². The second kappa shape index (κ2) is 11.3. The van der Waals surface area contributed by atoms with Crippen LogP contribution in [0.4, 0.5) is 15.8 Å². The average molecular weight is 489 g/mol. The number of anilines is 1. The van der Waals surface area contributed by atoms with Crippen molar-refractivity contribution in [2.75, 3.05) is 12.4 Å². The second-order valence-electron chi connectivity index (χ2n) is 7.53. The number of nitrogens with zero attached hydrogens (tertiary/aromatic N) is 1. The Hall–Kier alpha value is -4.16. The SMILES string of the molecule is COc1cc(C=Nc2ccc(NC(=O)c3ccccc3Cl)cc2)ccc1OCc1ccccc1F. The highest BCUT2D eigenvalue weighted by molar-refractivity contribution is 6.34. The van der Waals surface area contributed by atoms with Gasteiger partial charge in [0.2, 0.25) is 0 Å². The molecule has 0 bridgehead atoms. The standard InChI is InChI=1S/C28H22ClFN2O3/c1-34-27-16-19(10-15-26(27)35-18-20-6-2-5-9-25(20)30)17-31-21-11-13-22(14-12-21)32-28(33)23-7-3-4-8-24(23)29/h2-17H,18H2,1H3,(H,32,33). The van der Waals surface area contributed by atoms with Gasteiger partial charge in [0.05, 0.1) is 23.4 Å². The molecule has 0 saturated heterocycles. The van der Waals surface area contributed by atoms with Crippen molar-refractivity contribution in [2.45, 2.75) is 6.61 Å². The zero-order valence-electron chi connectivity index (χ0n) is 18.9. The highest BCUT2D eigenvalue weighted by Gasteiger charge is 2.10. The van der Waals surface area contributed by atoms with Crippen molar-refractivity contribution >= 4 is 35.1 Å². The monoisotopic (exact) mass is 488 g/mol. The fraction of sp³-hybridized carbons (Fsp3) is 0.0714. The second-order valence-corrected chi connectivity index (χ2v) is 7.94. The van der Waals surface area contributed by atoms with Crippen LogP contribution in [-0.2, 0) is 6.61 Å². The fourth-order valence-corrected chi connectivity index (χ4v) is 3.50. The first-order valence-electron chi connectivity index (χ1n) is 10.8. The van der Waals surface area contributed by atoms with Gasteiger partial charge >= 0.3 is 0 Å². The number of hydrogen-bond donors (Lipinski definition) is 1. The summed E-state index contributed by atoms with van der Waals surface area (Å²) in [5, 5.41) is 3.21. The molecule has 0 atom stereocenters. The maximum absolute atomic E-state index is 13.8. The van der Waals surface area contributed by atoms with E-state index in [9.17, 15) is 9.18 Å². The van der Waals surface area contributed by atoms with Gasteiger partial charge < -0.3 is 14.8 Å². The van der Waals surface area contributed by atoms with Gasteiger partial charge in [-0.25, -0.2) is 4.39 Å². The summed E-state index contributed by atoms with van der Waals surface area (Å²) >= 11 is 6.08. The summed E-state index contributed by atoms with van der Waals surface area (Å²) in [6, 6.07) is 25.8. The van der Waals surface area contributed by atoms with Crippen molar-refractivity contribution in [3.8, 4) is 11.5 Å². The van der Waals surface area contributed by atoms with Gasteiger partial charge in [0.25, 0.3) is 5.91 Å². The van der Waals surface area contributed by atoms with Crippen LogP contribution in [0.3, 0.4) is 0 Å². The minimum atomic E-state index is -0.315. The molecule has 0 aromatic heterocycles. The molecule has 0 radical (unpaired) electrons. The zero-order valence-corrected chi connectivity index (χ0v) is 19.6. The Kier molecular flexibility index (Phi) is 7.75. The van der Waals surface area contributed by atoms with Gasteiger partial charge in [0, 0.05) is 17.5 Å². The van der Waals surface area contributed by atoms with Gasteiger partial charge in [-0.05, 0) is 66.2 Å². The van der Waals surface area contributed by atoms with Crippen LogP contribution in [0.25, 0.3) is 0 Å². The van der Waals surface area contributed by atoms with E-state index in [-0.39, 0.29) is 18.3 Å². The molecule has 4 aromatic rings. The fourth-order valence-electron chi connectivity index (χ4n) is 3.28. The van der Waals surface area contributed by atoms with Crippen LogP contribution >= 0.6 is 11.6 Å². The van der Waals surface area contributed by atoms with Gasteiger partial charge in [0.15, 0.2) is 11.5 Å². The Labute approximate surface area is 207 Å². The minimum absolute atomic E-state index is 0.0931. The Bertz CT molecular complexity index is 1360. The molecule has 1 N–H and O–H groups in total. The van der Waals surface area contributed by atoms with E-state index < -0.39 is 0 Å². The Morgan fingerprint density at radius 2 is 1.71 bits per heavy atom. The highest BCUT2D eigenvalue weighted by atomic mass is 35.5. The number of ether oxygens (including phenoxy) is 2. The summed E-state index contributed by atoms with van der Waals surface area (Å²) < 4.78 is 25.0. The molecule has 0 aliphatic heterocycles. The molecule has 0 unspecified atom stereocenters. The highest BCUT2D eigenvalue weighted by Crippen LogP contribution is 2.29. The molecule has 4 rings (SSSR count). The number of benzene rings is 4. The molecule has 0 aliphatic rings. The number of halogens is 2. The predicted octanol–water partition coefficient (Wildman–Crippen LogP) is 7.07. The summed E-state index contributed by atoms with van der Waals surface area (Å²) in [7, 11) is 1.54. The van der Waals surface area contributed by atoms with Crippen LogP contribution in [-0.4, -0.2) is 19.2 Å². The van der Waals surface area contributed by atoms with Crippen LogP contribution in [0.5, 0.6) is 11.5 Å². The molecular formula is C28H22ClFN2O3. The van der Waals surface area contributed by atoms with E-state index in [2.05, 4.69) is 10.3 Å². The van der Waals surface area contributed by atoms with E-state index in [1.54, 1.807) is 92.2 Å². The van der Waals surface area contributed by atoms with E-state index >= 15 is 0 Å². The topological polar surface area (TPSA) is 59.9 Å². The number of amides is 1. The lowest BCUT2D eigenvalue weighted by Gasteiger charge is -2.11. The molecule has 0 aliphatic carbocycles. The molecule has 0 spiro atoms. The molecule has 7 heteroatoms. The largest absolute Gasteiger partial charge is 0.493 e. The molecule has 176 valence electrons. The number of nitrogens with one attached hydrogen (secondary N) is 1. The van der Waals surface area contributed by atoms with Crippen molar-refractivity contribution in [2.24, 2.45) is 4.99 Å². The van der Waals surface area contributed by atoms with Crippen molar-refractivity contribution in [3.05, 3.63) is 119 Å². The van der Waals surface area contributed by atoms with E-state index in [4.69, 9.17) is 21.1 Å². The van der Waals surface area contributed by atoms with Crippen molar-refractivity contribution in [1.29, 1.82) is 0 Å². The predicted molar refractivity (Wildman–Crippen MR) is 137 cm³/mol. The van der Waals surface area contributed by atoms with Gasteiger partial charge in [-0.1, -0.05) is 41.9 Å². The lowest BCUT2D eigenvalue weighted by molar-refractivity contribution is 0.102. The lowest BCUT2D eigenvalue weighted by Crippen LogP contribution is -2.12. The number of hydrogen-bond acceptors (Lipinski definition) is 4. The summed E-state index contributed by atoms with van der Waals surface area (Å²) in [6.07, 6.45) is 1.69. The third-order valence-corrected chi connectivity index (χ3v) is 5.46. The number of rotatable bonds is 8. The minimum Gasteiger partial charge on any atom is -0.493 e. The van der Waals surface area contributed by atoms with E-state index in [1.807, 2.05) is 6.07 Å². The number of carbonyl (C=O) groups excluding carboxylic acids is 1. The normalized spacial score (nSPS) is 10.8.